The number of likely N-dealkylation sites (N-methyl/N-ethyl adjacent to an activating group) is 2. The van der Waals surface area contributed by atoms with Crippen LogP contribution in [-0.2, 0) is 14.3 Å². The molecule has 0 aromatic carbocycles. The molecule has 0 aliphatic rings. The maximum Gasteiger partial charge on any atom is 0.312 e. The summed E-state index contributed by atoms with van der Waals surface area (Å²) in [6, 6.07) is 0. The summed E-state index contributed by atoms with van der Waals surface area (Å²) in [5, 5.41) is 2.74. The number of hydrogen-bond donors (Lipinski definition) is 1. The van der Waals surface area contributed by atoms with Crippen LogP contribution in [0.2, 0.25) is 0 Å². The number of amides is 1. The van der Waals surface area contributed by atoms with E-state index in [9.17, 15) is 9.59 Å². The Hall–Kier alpha value is -1.10. The maximum absolute atomic E-state index is 11.5. The molecule has 17 heavy (non-hydrogen) atoms. The first kappa shape index (κ1) is 15.9. The van der Waals surface area contributed by atoms with Gasteiger partial charge in [0.15, 0.2) is 0 Å². The molecule has 0 spiro atoms. The molecular weight excluding hydrogens is 220 g/mol. The molecule has 0 rings (SSSR count). The molecule has 0 aromatic heterocycles. The van der Waals surface area contributed by atoms with Crippen molar-refractivity contribution in [2.24, 2.45) is 5.41 Å². The normalized spacial score (nSPS) is 11.4. The van der Waals surface area contributed by atoms with Crippen LogP contribution in [0.25, 0.3) is 0 Å². The van der Waals surface area contributed by atoms with E-state index in [0.717, 1.165) is 6.54 Å². The summed E-state index contributed by atoms with van der Waals surface area (Å²) in [6.07, 6.45) is 0. The van der Waals surface area contributed by atoms with Crippen molar-refractivity contribution in [2.75, 3.05) is 33.3 Å². The molecule has 0 bridgehead atoms. The topological polar surface area (TPSA) is 58.6 Å². The molecule has 0 fully saturated rings. The monoisotopic (exact) mass is 244 g/mol. The van der Waals surface area contributed by atoms with Gasteiger partial charge >= 0.3 is 5.97 Å². The number of ether oxygens (including phenoxy) is 1. The van der Waals surface area contributed by atoms with Crippen LogP contribution in [0, 0.1) is 5.41 Å². The molecule has 0 aliphatic heterocycles. The molecule has 0 unspecified atom stereocenters. The minimum absolute atomic E-state index is 0.0185. The first-order valence-corrected chi connectivity index (χ1v) is 5.94. The largest absolute Gasteiger partial charge is 0.469 e. The maximum atomic E-state index is 11.5. The van der Waals surface area contributed by atoms with E-state index in [1.165, 1.54) is 7.11 Å². The van der Waals surface area contributed by atoms with Gasteiger partial charge in [0, 0.05) is 13.1 Å². The van der Waals surface area contributed by atoms with Crippen molar-refractivity contribution in [3.05, 3.63) is 0 Å². The fourth-order valence-electron chi connectivity index (χ4n) is 1.64. The van der Waals surface area contributed by atoms with E-state index in [1.54, 1.807) is 0 Å². The summed E-state index contributed by atoms with van der Waals surface area (Å²) in [4.78, 5) is 24.9. The highest BCUT2D eigenvalue weighted by Gasteiger charge is 2.31. The molecule has 0 aliphatic carbocycles. The highest BCUT2D eigenvalue weighted by atomic mass is 16.5. The van der Waals surface area contributed by atoms with Gasteiger partial charge < -0.3 is 10.1 Å². The first-order chi connectivity index (χ1) is 7.87. The summed E-state index contributed by atoms with van der Waals surface area (Å²) in [5.41, 5.74) is -0.600. The van der Waals surface area contributed by atoms with Crippen molar-refractivity contribution in [3.63, 3.8) is 0 Å². The second-order valence-corrected chi connectivity index (χ2v) is 4.63. The van der Waals surface area contributed by atoms with Crippen molar-refractivity contribution in [2.45, 2.75) is 27.7 Å². The van der Waals surface area contributed by atoms with Crippen LogP contribution in [0.5, 0.6) is 0 Å². The number of carbonyl (C=O) groups is 2. The minimum Gasteiger partial charge on any atom is -0.469 e. The fourth-order valence-corrected chi connectivity index (χ4v) is 1.64. The van der Waals surface area contributed by atoms with Crippen LogP contribution in [-0.4, -0.2) is 50.1 Å². The molecule has 0 atom stereocenters. The number of esters is 1. The molecule has 0 radical (unpaired) electrons. The Morgan fingerprint density at radius 1 is 1.29 bits per heavy atom. The Morgan fingerprint density at radius 2 is 1.88 bits per heavy atom. The smallest absolute Gasteiger partial charge is 0.312 e. The van der Waals surface area contributed by atoms with E-state index in [2.05, 4.69) is 5.32 Å². The van der Waals surface area contributed by atoms with Crippen molar-refractivity contribution < 1.29 is 14.3 Å². The van der Waals surface area contributed by atoms with Crippen molar-refractivity contribution in [3.8, 4) is 0 Å². The number of methoxy groups -OCH3 is 1. The Balaban J connectivity index is 4.39. The van der Waals surface area contributed by atoms with Gasteiger partial charge in [-0.1, -0.05) is 6.92 Å². The van der Waals surface area contributed by atoms with Gasteiger partial charge in [-0.05, 0) is 27.3 Å². The van der Waals surface area contributed by atoms with Crippen LogP contribution in [0.1, 0.15) is 27.7 Å². The lowest BCUT2D eigenvalue weighted by molar-refractivity contribution is -0.152. The molecule has 0 heterocycles. The van der Waals surface area contributed by atoms with Gasteiger partial charge in [0.05, 0.1) is 19.1 Å². The average Bonchev–Trinajstić information content (AvgIpc) is 2.26. The van der Waals surface area contributed by atoms with Crippen LogP contribution < -0.4 is 5.32 Å². The number of carbonyl (C=O) groups excluding carboxylic acids is 2. The SMILES string of the molecule is CCNC(=O)CN(CC)CC(C)(C)C(=O)OC. The molecule has 1 amide bonds. The van der Waals surface area contributed by atoms with E-state index in [0.29, 0.717) is 19.6 Å². The summed E-state index contributed by atoms with van der Waals surface area (Å²) < 4.78 is 4.75. The van der Waals surface area contributed by atoms with Crippen molar-refractivity contribution >= 4 is 11.9 Å². The standard InChI is InChI=1S/C12H24N2O3/c1-6-13-10(15)8-14(7-2)9-12(3,4)11(16)17-5/h6-9H2,1-5H3,(H,13,15). The van der Waals surface area contributed by atoms with E-state index in [-0.39, 0.29) is 11.9 Å². The first-order valence-electron chi connectivity index (χ1n) is 5.94. The molecular formula is C12H24N2O3. The van der Waals surface area contributed by atoms with E-state index >= 15 is 0 Å². The summed E-state index contributed by atoms with van der Waals surface area (Å²) >= 11 is 0. The highest BCUT2D eigenvalue weighted by molar-refractivity contribution is 5.78. The van der Waals surface area contributed by atoms with Gasteiger partial charge in [-0.25, -0.2) is 0 Å². The van der Waals surface area contributed by atoms with E-state index in [1.807, 2.05) is 32.6 Å². The van der Waals surface area contributed by atoms with Crippen LogP contribution in [0.15, 0.2) is 0 Å². The molecule has 0 aromatic rings. The van der Waals surface area contributed by atoms with E-state index in [4.69, 9.17) is 4.74 Å². The lowest BCUT2D eigenvalue weighted by Crippen LogP contribution is -2.44. The minimum atomic E-state index is -0.600. The Labute approximate surface area is 103 Å². The zero-order valence-electron chi connectivity index (χ0n) is 11.5. The van der Waals surface area contributed by atoms with Gasteiger partial charge in [-0.2, -0.15) is 0 Å². The lowest BCUT2D eigenvalue weighted by atomic mass is 9.93. The molecule has 5 nitrogen and oxygen atoms in total. The molecule has 0 saturated heterocycles. The second kappa shape index (κ2) is 7.27. The Bertz CT molecular complexity index is 264. The average molecular weight is 244 g/mol. The summed E-state index contributed by atoms with van der Waals surface area (Å²) in [7, 11) is 1.38. The highest BCUT2D eigenvalue weighted by Crippen LogP contribution is 2.18. The van der Waals surface area contributed by atoms with Gasteiger partial charge in [0.25, 0.3) is 0 Å². The zero-order chi connectivity index (χ0) is 13.5. The quantitative estimate of drug-likeness (QED) is 0.668. The summed E-state index contributed by atoms with van der Waals surface area (Å²) in [6.45, 7) is 9.64. The van der Waals surface area contributed by atoms with Gasteiger partial charge in [0.1, 0.15) is 0 Å². The Morgan fingerprint density at radius 3 is 2.29 bits per heavy atom. The van der Waals surface area contributed by atoms with Gasteiger partial charge in [0.2, 0.25) is 5.91 Å². The molecule has 100 valence electrons. The third-order valence-corrected chi connectivity index (χ3v) is 2.55. The van der Waals surface area contributed by atoms with Crippen LogP contribution in [0.4, 0.5) is 0 Å². The van der Waals surface area contributed by atoms with E-state index < -0.39 is 5.41 Å². The number of nitrogens with zero attached hydrogens (tertiary/aromatic N) is 1. The molecule has 0 saturated carbocycles. The number of nitrogens with one attached hydrogen (secondary N) is 1. The molecule has 1 N–H and O–H groups in total. The fraction of sp³-hybridized carbons (Fsp3) is 0.833. The lowest BCUT2D eigenvalue weighted by Gasteiger charge is -2.29. The third kappa shape index (κ3) is 5.68. The van der Waals surface area contributed by atoms with Crippen LogP contribution in [0.3, 0.4) is 0 Å². The van der Waals surface area contributed by atoms with Gasteiger partial charge in [-0.15, -0.1) is 0 Å². The number of rotatable bonds is 7. The summed E-state index contributed by atoms with van der Waals surface area (Å²) in [5.74, 6) is -0.276. The Kier molecular flexibility index (Phi) is 6.80. The zero-order valence-corrected chi connectivity index (χ0v) is 11.5. The number of hydrogen-bond acceptors (Lipinski definition) is 4. The predicted octanol–water partition coefficient (Wildman–Crippen LogP) is 0.644. The van der Waals surface area contributed by atoms with Crippen molar-refractivity contribution in [1.82, 2.24) is 10.2 Å². The molecule has 5 heteroatoms. The third-order valence-electron chi connectivity index (χ3n) is 2.55. The van der Waals surface area contributed by atoms with Gasteiger partial charge in [-0.3, -0.25) is 14.5 Å². The van der Waals surface area contributed by atoms with Crippen LogP contribution >= 0.6 is 0 Å². The van der Waals surface area contributed by atoms with Crippen molar-refractivity contribution in [1.29, 1.82) is 0 Å². The second-order valence-electron chi connectivity index (χ2n) is 4.63. The predicted molar refractivity (Wildman–Crippen MR) is 66.6 cm³/mol.